The maximum absolute atomic E-state index is 4.59. The molecule has 2 heterocycles. The monoisotopic (exact) mass is 704 g/mol. The number of benzene rings is 7. The van der Waals surface area contributed by atoms with E-state index in [1.165, 1.54) is 115 Å². The Hall–Kier alpha value is -6.51. The molecule has 1 saturated carbocycles. The van der Waals surface area contributed by atoms with Crippen LogP contribution in [0.2, 0.25) is 0 Å². The number of fused-ring (bicyclic) bond motifs is 8. The predicted molar refractivity (Wildman–Crippen MR) is 230 cm³/mol. The maximum Gasteiger partial charge on any atom is 0.0702 e. The summed E-state index contributed by atoms with van der Waals surface area (Å²) >= 11 is 0. The fourth-order valence-electron chi connectivity index (χ4n) is 9.82. The van der Waals surface area contributed by atoms with Gasteiger partial charge in [0.05, 0.1) is 16.7 Å². The van der Waals surface area contributed by atoms with E-state index in [9.17, 15) is 0 Å². The molecule has 262 valence electrons. The van der Waals surface area contributed by atoms with Crippen molar-refractivity contribution < 1.29 is 0 Å². The predicted octanol–water partition coefficient (Wildman–Crippen LogP) is 14.1. The summed E-state index contributed by atoms with van der Waals surface area (Å²) in [5.41, 5.74) is 19.2. The third kappa shape index (κ3) is 5.20. The van der Waals surface area contributed by atoms with Crippen LogP contribution in [0.5, 0.6) is 0 Å². The first-order valence-electron chi connectivity index (χ1n) is 19.7. The first-order valence-corrected chi connectivity index (χ1v) is 19.7. The smallest absolute Gasteiger partial charge is 0.0702 e. The normalized spacial score (nSPS) is 14.3. The van der Waals surface area contributed by atoms with E-state index in [0.29, 0.717) is 0 Å². The zero-order valence-corrected chi connectivity index (χ0v) is 30.8. The molecule has 9 aromatic rings. The highest BCUT2D eigenvalue weighted by Gasteiger charge is 2.44. The van der Waals surface area contributed by atoms with E-state index >= 15 is 0 Å². The molecule has 0 radical (unpaired) electrons. The summed E-state index contributed by atoms with van der Waals surface area (Å²) in [4.78, 5) is 4.59. The van der Waals surface area contributed by atoms with Crippen molar-refractivity contribution >= 4 is 21.8 Å². The zero-order valence-electron chi connectivity index (χ0n) is 30.8. The molecule has 55 heavy (non-hydrogen) atoms. The second-order valence-electron chi connectivity index (χ2n) is 15.5. The third-order valence-corrected chi connectivity index (χ3v) is 12.5. The molecule has 7 aromatic carbocycles. The average Bonchev–Trinajstić information content (AvgIpc) is 3.73. The summed E-state index contributed by atoms with van der Waals surface area (Å²) in [7, 11) is 0. The van der Waals surface area contributed by atoms with Crippen LogP contribution in [0.3, 0.4) is 0 Å². The van der Waals surface area contributed by atoms with Gasteiger partial charge in [0.1, 0.15) is 0 Å². The molecule has 1 spiro atoms. The van der Waals surface area contributed by atoms with E-state index < -0.39 is 0 Å². The van der Waals surface area contributed by atoms with Gasteiger partial charge in [0.25, 0.3) is 0 Å². The van der Waals surface area contributed by atoms with Gasteiger partial charge in [0, 0.05) is 33.6 Å². The van der Waals surface area contributed by atoms with Crippen molar-refractivity contribution in [1.82, 2.24) is 9.55 Å². The third-order valence-electron chi connectivity index (χ3n) is 12.5. The van der Waals surface area contributed by atoms with Gasteiger partial charge in [-0.25, -0.2) is 0 Å². The van der Waals surface area contributed by atoms with Crippen LogP contribution in [0.15, 0.2) is 182 Å². The van der Waals surface area contributed by atoms with Crippen molar-refractivity contribution in [2.75, 3.05) is 0 Å². The lowest BCUT2D eigenvalue weighted by Crippen LogP contribution is -2.28. The Bertz CT molecular complexity index is 2840. The molecule has 0 atom stereocenters. The quantitative estimate of drug-likeness (QED) is 0.174. The summed E-state index contributed by atoms with van der Waals surface area (Å²) in [5.74, 6) is 0. The van der Waals surface area contributed by atoms with Gasteiger partial charge < -0.3 is 4.57 Å². The van der Waals surface area contributed by atoms with E-state index in [2.05, 4.69) is 173 Å². The molecule has 2 aromatic heterocycles. The number of hydrogen-bond acceptors (Lipinski definition) is 1. The molecular weight excluding hydrogens is 665 g/mol. The number of hydrogen-bond donors (Lipinski definition) is 0. The van der Waals surface area contributed by atoms with Gasteiger partial charge in [0.2, 0.25) is 0 Å². The zero-order chi connectivity index (χ0) is 36.3. The summed E-state index contributed by atoms with van der Waals surface area (Å²) in [6.45, 7) is 0. The van der Waals surface area contributed by atoms with E-state index in [1.54, 1.807) is 0 Å². The Labute approximate surface area is 322 Å². The van der Waals surface area contributed by atoms with Crippen LogP contribution in [0.4, 0.5) is 0 Å². The van der Waals surface area contributed by atoms with E-state index in [0.717, 1.165) is 11.3 Å². The molecule has 2 heteroatoms. The number of pyridine rings is 1. The topological polar surface area (TPSA) is 17.8 Å². The van der Waals surface area contributed by atoms with Crippen LogP contribution in [0, 0.1) is 0 Å². The average molecular weight is 705 g/mol. The first kappa shape index (κ1) is 32.0. The first-order chi connectivity index (χ1) is 27.2. The van der Waals surface area contributed by atoms with E-state index in [-0.39, 0.29) is 5.41 Å². The SMILES string of the molecule is c1ccc(-c2cccc(-c3cccc(-c4ccc5c(c4)C4(CCCCC4)c4cc(-c6ccc(-n7c8ccccc8c8ccccc87)cc6)ccc4-5)c3)c2)nc1. The Morgan fingerprint density at radius 1 is 0.400 bits per heavy atom. The number of nitrogens with zero attached hydrogens (tertiary/aromatic N) is 2. The van der Waals surface area contributed by atoms with Crippen molar-refractivity contribution in [3.05, 3.63) is 193 Å². The second kappa shape index (κ2) is 12.8. The highest BCUT2D eigenvalue weighted by molar-refractivity contribution is 6.09. The van der Waals surface area contributed by atoms with Crippen molar-refractivity contribution in [2.45, 2.75) is 37.5 Å². The number of aromatic nitrogens is 2. The minimum atomic E-state index is 0.0481. The van der Waals surface area contributed by atoms with Crippen LogP contribution >= 0.6 is 0 Å². The van der Waals surface area contributed by atoms with Gasteiger partial charge in [-0.1, -0.05) is 135 Å². The van der Waals surface area contributed by atoms with E-state index in [1.807, 2.05) is 18.3 Å². The molecule has 11 rings (SSSR count). The molecular formula is C53H40N2. The van der Waals surface area contributed by atoms with Crippen LogP contribution in [-0.2, 0) is 5.41 Å². The van der Waals surface area contributed by atoms with Gasteiger partial charge in [-0.05, 0) is 129 Å². The molecule has 2 aliphatic rings. The lowest BCUT2D eigenvalue weighted by atomic mass is 9.67. The van der Waals surface area contributed by atoms with Gasteiger partial charge in [-0.3, -0.25) is 4.98 Å². The molecule has 0 aliphatic heterocycles. The number of para-hydroxylation sites is 2. The van der Waals surface area contributed by atoms with Gasteiger partial charge >= 0.3 is 0 Å². The molecule has 0 saturated heterocycles. The van der Waals surface area contributed by atoms with Crippen molar-refractivity contribution in [2.24, 2.45) is 0 Å². The molecule has 0 bridgehead atoms. The highest BCUT2D eigenvalue weighted by Crippen LogP contribution is 2.57. The van der Waals surface area contributed by atoms with Crippen LogP contribution in [0.1, 0.15) is 43.2 Å². The Kier molecular flexibility index (Phi) is 7.45. The van der Waals surface area contributed by atoms with Crippen molar-refractivity contribution in [3.8, 4) is 61.5 Å². The standard InChI is InChI=1S/C53H40N2/c1-7-29-53(30-8-1)48-34-40(36-21-25-43(26-22-36)55-51-19-4-2-16-46(51)47-17-3-5-20-52(47)55)23-27-44(48)45-28-24-41(35-49(45)53)38-13-10-12-37(32-38)39-14-11-15-42(33-39)50-18-6-9-31-54-50/h2-6,9-28,31-35H,1,7-8,29-30H2. The van der Waals surface area contributed by atoms with Gasteiger partial charge in [0.15, 0.2) is 0 Å². The summed E-state index contributed by atoms with van der Waals surface area (Å²) in [5, 5.41) is 2.58. The molecule has 2 aliphatic carbocycles. The van der Waals surface area contributed by atoms with Crippen LogP contribution in [-0.4, -0.2) is 9.55 Å². The summed E-state index contributed by atoms with van der Waals surface area (Å²) < 4.78 is 2.40. The minimum absolute atomic E-state index is 0.0481. The molecule has 1 fully saturated rings. The fraction of sp³-hybridized carbons (Fsp3) is 0.113. The van der Waals surface area contributed by atoms with Crippen molar-refractivity contribution in [3.63, 3.8) is 0 Å². The Morgan fingerprint density at radius 3 is 1.51 bits per heavy atom. The van der Waals surface area contributed by atoms with Crippen LogP contribution < -0.4 is 0 Å². The molecule has 0 unspecified atom stereocenters. The Balaban J connectivity index is 0.952. The summed E-state index contributed by atoms with van der Waals surface area (Å²) in [6.07, 6.45) is 8.11. The summed E-state index contributed by atoms with van der Waals surface area (Å²) in [6, 6.07) is 65.1. The number of rotatable bonds is 5. The fourth-order valence-corrected chi connectivity index (χ4v) is 9.82. The molecule has 0 amide bonds. The highest BCUT2D eigenvalue weighted by atomic mass is 15.0. The van der Waals surface area contributed by atoms with Gasteiger partial charge in [-0.15, -0.1) is 0 Å². The van der Waals surface area contributed by atoms with Crippen LogP contribution in [0.25, 0.3) is 83.3 Å². The maximum atomic E-state index is 4.59. The lowest BCUT2D eigenvalue weighted by molar-refractivity contribution is 0.353. The van der Waals surface area contributed by atoms with Crippen molar-refractivity contribution in [1.29, 1.82) is 0 Å². The lowest BCUT2D eigenvalue weighted by Gasteiger charge is -2.36. The second-order valence-corrected chi connectivity index (χ2v) is 15.5. The van der Waals surface area contributed by atoms with E-state index in [4.69, 9.17) is 0 Å². The molecule has 2 nitrogen and oxygen atoms in total. The molecule has 0 N–H and O–H groups in total. The van der Waals surface area contributed by atoms with Gasteiger partial charge in [-0.2, -0.15) is 0 Å². The largest absolute Gasteiger partial charge is 0.309 e. The minimum Gasteiger partial charge on any atom is -0.309 e. The Morgan fingerprint density at radius 2 is 0.909 bits per heavy atom.